The molecule has 0 aromatic heterocycles. The molecular weight excluding hydrogens is 593 g/mol. The van der Waals surface area contributed by atoms with Gasteiger partial charge in [0, 0.05) is 12.8 Å². The van der Waals surface area contributed by atoms with Gasteiger partial charge in [-0.25, -0.2) is 4.57 Å². The van der Waals surface area contributed by atoms with E-state index in [9.17, 15) is 19.0 Å². The fourth-order valence-corrected chi connectivity index (χ4v) is 4.88. The van der Waals surface area contributed by atoms with E-state index in [2.05, 4.69) is 32.1 Å². The summed E-state index contributed by atoms with van der Waals surface area (Å²) in [5.41, 5.74) is 0. The number of esters is 2. The van der Waals surface area contributed by atoms with Gasteiger partial charge >= 0.3 is 19.8 Å². The smallest absolute Gasteiger partial charge is 0.462 e. The molecule has 45 heavy (non-hydrogen) atoms. The molecule has 0 aliphatic heterocycles. The molecule has 0 fully saturated rings. The lowest BCUT2D eigenvalue weighted by atomic mass is 10.1. The molecule has 0 spiro atoms. The highest BCUT2D eigenvalue weighted by Crippen LogP contribution is 2.43. The lowest BCUT2D eigenvalue weighted by Crippen LogP contribution is -2.37. The first kappa shape index (κ1) is 43.2. The van der Waals surface area contributed by atoms with Crippen LogP contribution in [0.1, 0.15) is 123 Å². The number of likely N-dealkylation sites (N-methyl/N-ethyl adjacent to an activating group) is 1. The maximum atomic E-state index is 12.5. The predicted molar refractivity (Wildman–Crippen MR) is 183 cm³/mol. The standard InChI is InChI=1S/C35H64NO8P/c1-6-8-10-12-14-16-17-18-19-20-22-24-26-28-35(38)44-33(32-43-45(39,40)42-30-29-36(3,4)5)31-41-34(37)27-25-23-21-15-13-11-9-7-2/h18-19,21-24,33H,6-17,20,25-32H2,1-5H3/p+1/b19-18+,23-21+,24-22+. The molecule has 10 heteroatoms. The number of carbonyl (C=O) groups is 2. The molecule has 2 unspecified atom stereocenters. The molecule has 0 aromatic carbocycles. The third-order valence-corrected chi connectivity index (χ3v) is 7.90. The van der Waals surface area contributed by atoms with Gasteiger partial charge in [-0.15, -0.1) is 0 Å². The summed E-state index contributed by atoms with van der Waals surface area (Å²) < 4.78 is 33.8. The first-order valence-corrected chi connectivity index (χ1v) is 18.7. The molecule has 0 heterocycles. The maximum absolute atomic E-state index is 12.5. The number of rotatable bonds is 30. The second kappa shape index (κ2) is 28.5. The zero-order chi connectivity index (χ0) is 33.7. The number of allylic oxidation sites excluding steroid dienone is 6. The molecule has 2 atom stereocenters. The average Bonchev–Trinajstić information content (AvgIpc) is 2.97. The van der Waals surface area contributed by atoms with Crippen molar-refractivity contribution in [2.45, 2.75) is 129 Å². The Morgan fingerprint density at radius 3 is 1.82 bits per heavy atom. The molecule has 262 valence electrons. The minimum absolute atomic E-state index is 0.0173. The molecule has 0 aliphatic rings. The maximum Gasteiger partial charge on any atom is 0.472 e. The largest absolute Gasteiger partial charge is 0.472 e. The van der Waals surface area contributed by atoms with Crippen LogP contribution in [0.15, 0.2) is 36.5 Å². The van der Waals surface area contributed by atoms with Crippen molar-refractivity contribution in [1.82, 2.24) is 0 Å². The highest BCUT2D eigenvalue weighted by atomic mass is 31.2. The fourth-order valence-electron chi connectivity index (χ4n) is 4.14. The Balaban J connectivity index is 4.63. The SMILES string of the molecule is CCCCCC/C=C/CCC(=O)OCC(COP(=O)(O)OCC[N+](C)(C)C)OC(=O)CC/C=C/C/C=C/CCCCCCCC. The number of phosphoric acid groups is 1. The van der Waals surface area contributed by atoms with E-state index < -0.39 is 32.5 Å². The van der Waals surface area contributed by atoms with Gasteiger partial charge in [-0.2, -0.15) is 0 Å². The normalized spacial score (nSPS) is 14.4. The minimum atomic E-state index is -4.38. The number of quaternary nitrogens is 1. The van der Waals surface area contributed by atoms with E-state index in [0.29, 0.717) is 23.9 Å². The van der Waals surface area contributed by atoms with E-state index in [1.165, 1.54) is 57.8 Å². The van der Waals surface area contributed by atoms with Crippen LogP contribution >= 0.6 is 7.82 Å². The summed E-state index contributed by atoms with van der Waals surface area (Å²) in [5.74, 6) is -0.946. The number of phosphoric ester groups is 1. The van der Waals surface area contributed by atoms with Crippen molar-refractivity contribution in [2.24, 2.45) is 0 Å². The van der Waals surface area contributed by atoms with Gasteiger partial charge in [-0.1, -0.05) is 102 Å². The van der Waals surface area contributed by atoms with E-state index in [4.69, 9.17) is 18.5 Å². The van der Waals surface area contributed by atoms with Crippen LogP contribution < -0.4 is 0 Å². The molecule has 0 bridgehead atoms. The van der Waals surface area contributed by atoms with Crippen molar-refractivity contribution in [3.05, 3.63) is 36.5 Å². The second-order valence-corrected chi connectivity index (χ2v) is 14.0. The summed E-state index contributed by atoms with van der Waals surface area (Å²) in [6.07, 6.45) is 28.1. The average molecular weight is 659 g/mol. The third kappa shape index (κ3) is 32.0. The number of nitrogens with zero attached hydrogens (tertiary/aromatic N) is 1. The number of ether oxygens (including phenoxy) is 2. The van der Waals surface area contributed by atoms with Gasteiger partial charge in [-0.3, -0.25) is 18.6 Å². The van der Waals surface area contributed by atoms with Crippen LogP contribution in [-0.4, -0.2) is 74.9 Å². The summed E-state index contributed by atoms with van der Waals surface area (Å²) in [4.78, 5) is 34.9. The summed E-state index contributed by atoms with van der Waals surface area (Å²) in [5, 5.41) is 0. The molecule has 9 nitrogen and oxygen atoms in total. The van der Waals surface area contributed by atoms with Crippen molar-refractivity contribution in [1.29, 1.82) is 0 Å². The summed E-state index contributed by atoms with van der Waals surface area (Å²) >= 11 is 0. The van der Waals surface area contributed by atoms with Crippen LogP contribution in [0.5, 0.6) is 0 Å². The van der Waals surface area contributed by atoms with E-state index in [1.54, 1.807) is 0 Å². The van der Waals surface area contributed by atoms with Gasteiger partial charge in [0.05, 0.1) is 27.7 Å². The first-order valence-electron chi connectivity index (χ1n) is 17.2. The van der Waals surface area contributed by atoms with E-state index in [1.807, 2.05) is 39.4 Å². The van der Waals surface area contributed by atoms with Crippen molar-refractivity contribution in [3.63, 3.8) is 0 Å². The van der Waals surface area contributed by atoms with Crippen molar-refractivity contribution < 1.29 is 42.1 Å². The van der Waals surface area contributed by atoms with Gasteiger partial charge in [0.1, 0.15) is 19.8 Å². The molecule has 0 saturated carbocycles. The Bertz CT molecular complexity index is 881. The summed E-state index contributed by atoms with van der Waals surface area (Å²) in [6.45, 7) is 4.21. The second-order valence-electron chi connectivity index (χ2n) is 12.5. The van der Waals surface area contributed by atoms with Crippen molar-refractivity contribution >= 4 is 19.8 Å². The molecule has 0 rings (SSSR count). The number of unbranched alkanes of at least 4 members (excludes halogenated alkanes) is 10. The predicted octanol–water partition coefficient (Wildman–Crippen LogP) is 8.62. The van der Waals surface area contributed by atoms with Crippen LogP contribution in [0, 0.1) is 0 Å². The zero-order valence-electron chi connectivity index (χ0n) is 29.1. The monoisotopic (exact) mass is 658 g/mol. The first-order chi connectivity index (χ1) is 21.5. The van der Waals surface area contributed by atoms with Gasteiger partial charge < -0.3 is 18.9 Å². The van der Waals surface area contributed by atoms with Gasteiger partial charge in [0.15, 0.2) is 6.10 Å². The van der Waals surface area contributed by atoms with E-state index >= 15 is 0 Å². The quantitative estimate of drug-likeness (QED) is 0.0269. The Morgan fingerprint density at radius 2 is 1.20 bits per heavy atom. The highest BCUT2D eigenvalue weighted by molar-refractivity contribution is 7.47. The number of hydrogen-bond donors (Lipinski definition) is 1. The van der Waals surface area contributed by atoms with Gasteiger partial charge in [-0.05, 0) is 44.9 Å². The summed E-state index contributed by atoms with van der Waals surface area (Å²) in [7, 11) is 1.42. The molecular formula is C35H65NO8P+. The Morgan fingerprint density at radius 1 is 0.689 bits per heavy atom. The third-order valence-electron chi connectivity index (χ3n) is 6.92. The highest BCUT2D eigenvalue weighted by Gasteiger charge is 2.26. The van der Waals surface area contributed by atoms with Crippen LogP contribution in [0.3, 0.4) is 0 Å². The van der Waals surface area contributed by atoms with E-state index in [0.717, 1.165) is 25.7 Å². The van der Waals surface area contributed by atoms with Crippen LogP contribution in [0.25, 0.3) is 0 Å². The van der Waals surface area contributed by atoms with Crippen molar-refractivity contribution in [3.8, 4) is 0 Å². The number of carbonyl (C=O) groups excluding carboxylic acids is 2. The molecule has 0 aromatic rings. The van der Waals surface area contributed by atoms with Gasteiger partial charge in [0.25, 0.3) is 0 Å². The van der Waals surface area contributed by atoms with Crippen LogP contribution in [-0.2, 0) is 32.7 Å². The molecule has 0 radical (unpaired) electrons. The molecule has 0 aliphatic carbocycles. The molecule has 0 saturated heterocycles. The van der Waals surface area contributed by atoms with Crippen LogP contribution in [0.4, 0.5) is 0 Å². The Kier molecular flexibility index (Phi) is 27.3. The Hall–Kier alpha value is -1.77. The van der Waals surface area contributed by atoms with Crippen LogP contribution in [0.2, 0.25) is 0 Å². The minimum Gasteiger partial charge on any atom is -0.462 e. The topological polar surface area (TPSA) is 108 Å². The Labute approximate surface area is 274 Å². The van der Waals surface area contributed by atoms with E-state index in [-0.39, 0.29) is 26.1 Å². The van der Waals surface area contributed by atoms with Gasteiger partial charge in [0.2, 0.25) is 0 Å². The zero-order valence-corrected chi connectivity index (χ0v) is 30.0. The lowest BCUT2D eigenvalue weighted by molar-refractivity contribution is -0.870. The van der Waals surface area contributed by atoms with Crippen molar-refractivity contribution in [2.75, 3.05) is 47.5 Å². The number of hydrogen-bond acceptors (Lipinski definition) is 7. The molecule has 1 N–H and O–H groups in total. The summed E-state index contributed by atoms with van der Waals surface area (Å²) in [6, 6.07) is 0. The lowest BCUT2D eigenvalue weighted by Gasteiger charge is -2.24. The fraction of sp³-hybridized carbons (Fsp3) is 0.771. The molecule has 0 amide bonds.